The Bertz CT molecular complexity index is 921. The molecule has 0 radical (unpaired) electrons. The van der Waals surface area contributed by atoms with Gasteiger partial charge in [-0.1, -0.05) is 12.1 Å². The Labute approximate surface area is 171 Å². The third-order valence-corrected chi connectivity index (χ3v) is 5.52. The van der Waals surface area contributed by atoms with Crippen molar-refractivity contribution in [1.29, 1.82) is 0 Å². The van der Waals surface area contributed by atoms with Crippen molar-refractivity contribution < 1.29 is 27.2 Å². The molecule has 2 heterocycles. The largest absolute Gasteiger partial charge is 0.416 e. The van der Waals surface area contributed by atoms with E-state index < -0.39 is 29.4 Å². The predicted molar refractivity (Wildman–Crippen MR) is 103 cm³/mol. The molecule has 0 spiro atoms. The second kappa shape index (κ2) is 9.04. The van der Waals surface area contributed by atoms with Crippen LogP contribution in [-0.2, 0) is 11.0 Å². The molecule has 1 aliphatic rings. The van der Waals surface area contributed by atoms with E-state index in [9.17, 15) is 27.2 Å². The monoisotopic (exact) mass is 422 g/mol. The zero-order chi connectivity index (χ0) is 21.9. The highest BCUT2D eigenvalue weighted by Gasteiger charge is 2.33. The molecule has 0 saturated carbocycles. The lowest BCUT2D eigenvalue weighted by molar-refractivity contribution is -0.137. The number of pyridine rings is 1. The maximum Gasteiger partial charge on any atom is 0.416 e. The van der Waals surface area contributed by atoms with Gasteiger partial charge in [0.2, 0.25) is 5.95 Å². The van der Waals surface area contributed by atoms with E-state index in [2.05, 4.69) is 9.88 Å². The molecule has 1 saturated heterocycles. The van der Waals surface area contributed by atoms with E-state index in [-0.39, 0.29) is 29.2 Å². The topological polar surface area (TPSA) is 50.3 Å². The number of aromatic nitrogens is 1. The number of piperidine rings is 1. The van der Waals surface area contributed by atoms with Crippen molar-refractivity contribution in [2.24, 2.45) is 5.92 Å². The van der Waals surface area contributed by atoms with Gasteiger partial charge in [-0.25, -0.2) is 4.98 Å². The molecule has 0 aliphatic carbocycles. The lowest BCUT2D eigenvalue weighted by Crippen LogP contribution is -2.34. The number of Topliss-reactive ketones (excluding diaryl/α,β-unsaturated/α-hetero) is 2. The third kappa shape index (κ3) is 5.30. The quantitative estimate of drug-likeness (QED) is 0.391. The van der Waals surface area contributed by atoms with Crippen LogP contribution in [0.2, 0.25) is 0 Å². The van der Waals surface area contributed by atoms with Crippen LogP contribution >= 0.6 is 0 Å². The van der Waals surface area contributed by atoms with Crippen molar-refractivity contribution in [3.63, 3.8) is 0 Å². The van der Waals surface area contributed by atoms with E-state index in [0.29, 0.717) is 12.8 Å². The average Bonchev–Trinajstić information content (AvgIpc) is 2.71. The highest BCUT2D eigenvalue weighted by Crippen LogP contribution is 2.32. The van der Waals surface area contributed by atoms with Gasteiger partial charge in [0.05, 0.1) is 11.5 Å². The first-order chi connectivity index (χ1) is 14.1. The molecule has 8 heteroatoms. The molecule has 4 nitrogen and oxygen atoms in total. The van der Waals surface area contributed by atoms with Crippen LogP contribution in [0, 0.1) is 11.9 Å². The van der Waals surface area contributed by atoms with Gasteiger partial charge in [-0.15, -0.1) is 0 Å². The smallest absolute Gasteiger partial charge is 0.306 e. The molecule has 1 aliphatic heterocycles. The lowest BCUT2D eigenvalue weighted by Gasteiger charge is -2.29. The first-order valence-corrected chi connectivity index (χ1v) is 9.69. The molecular formula is C22H22F4N2O2. The first kappa shape index (κ1) is 22.1. The van der Waals surface area contributed by atoms with Gasteiger partial charge >= 0.3 is 6.18 Å². The number of rotatable bonds is 6. The molecular weight excluding hydrogens is 400 g/mol. The molecule has 0 bridgehead atoms. The molecule has 1 fully saturated rings. The van der Waals surface area contributed by atoms with Gasteiger partial charge < -0.3 is 4.90 Å². The Hall–Kier alpha value is -2.61. The summed E-state index contributed by atoms with van der Waals surface area (Å²) in [5.74, 6) is -2.89. The summed E-state index contributed by atoms with van der Waals surface area (Å²) in [6, 6.07) is 6.55. The summed E-state index contributed by atoms with van der Waals surface area (Å²) in [6.45, 7) is 1.51. The van der Waals surface area contributed by atoms with E-state index in [1.54, 1.807) is 0 Å². The molecule has 1 atom stereocenters. The van der Waals surface area contributed by atoms with Crippen molar-refractivity contribution in [3.8, 4) is 0 Å². The molecule has 0 amide bonds. The van der Waals surface area contributed by atoms with Crippen LogP contribution in [-0.4, -0.2) is 41.6 Å². The van der Waals surface area contributed by atoms with Gasteiger partial charge in [0.25, 0.3) is 0 Å². The molecule has 160 valence electrons. The standard InChI is InChI=1S/C22H22F4N2O2/c1-28-9-6-14(7-10-28)19(29)13-18(15-5-8-27-20(23)12-15)21(30)16-3-2-4-17(11-16)22(24,25)26/h2-5,8,11-12,14,18H,6-7,9-10,13H2,1H3. The fourth-order valence-corrected chi connectivity index (χ4v) is 3.74. The van der Waals surface area contributed by atoms with Gasteiger partial charge in [0.15, 0.2) is 5.78 Å². The van der Waals surface area contributed by atoms with E-state index in [0.717, 1.165) is 37.4 Å². The zero-order valence-electron chi connectivity index (χ0n) is 16.5. The van der Waals surface area contributed by atoms with Crippen LogP contribution < -0.4 is 0 Å². The number of nitrogens with zero attached hydrogens (tertiary/aromatic N) is 2. The summed E-state index contributed by atoms with van der Waals surface area (Å²) in [7, 11) is 1.96. The van der Waals surface area contributed by atoms with Crippen LogP contribution in [0.15, 0.2) is 42.6 Å². The second-order valence-corrected chi connectivity index (χ2v) is 7.66. The van der Waals surface area contributed by atoms with E-state index in [4.69, 9.17) is 0 Å². The second-order valence-electron chi connectivity index (χ2n) is 7.66. The van der Waals surface area contributed by atoms with Gasteiger partial charge in [-0.2, -0.15) is 17.6 Å². The highest BCUT2D eigenvalue weighted by molar-refractivity contribution is 6.03. The zero-order valence-corrected chi connectivity index (χ0v) is 16.5. The highest BCUT2D eigenvalue weighted by atomic mass is 19.4. The molecule has 2 aromatic rings. The molecule has 0 N–H and O–H groups in total. The summed E-state index contributed by atoms with van der Waals surface area (Å²) in [6.07, 6.45) is -2.29. The van der Waals surface area contributed by atoms with Crippen molar-refractivity contribution in [2.75, 3.05) is 20.1 Å². The summed E-state index contributed by atoms with van der Waals surface area (Å²) in [5.41, 5.74) is -0.885. The van der Waals surface area contributed by atoms with Crippen LogP contribution in [0.1, 0.15) is 46.7 Å². The Balaban J connectivity index is 1.90. The Morgan fingerprint density at radius 2 is 1.87 bits per heavy atom. The number of hydrogen-bond acceptors (Lipinski definition) is 4. The SMILES string of the molecule is CN1CCC(C(=O)CC(C(=O)c2cccc(C(F)(F)F)c2)c2ccnc(F)c2)CC1. The Morgan fingerprint density at radius 1 is 1.17 bits per heavy atom. The Kier molecular flexibility index (Phi) is 6.65. The summed E-state index contributed by atoms with van der Waals surface area (Å²) in [5, 5.41) is 0. The van der Waals surface area contributed by atoms with Gasteiger partial charge in [0.1, 0.15) is 5.78 Å². The number of carbonyl (C=O) groups excluding carboxylic acids is 2. The predicted octanol–water partition coefficient (Wildman–Crippen LogP) is 4.51. The number of halogens is 4. The number of likely N-dealkylation sites (tertiary alicyclic amines) is 1. The van der Waals surface area contributed by atoms with Crippen molar-refractivity contribution >= 4 is 11.6 Å². The maximum absolute atomic E-state index is 13.7. The maximum atomic E-state index is 13.7. The van der Waals surface area contributed by atoms with Crippen LogP contribution in [0.3, 0.4) is 0 Å². The van der Waals surface area contributed by atoms with E-state index in [1.165, 1.54) is 18.3 Å². The molecule has 3 rings (SSSR count). The first-order valence-electron chi connectivity index (χ1n) is 9.69. The minimum Gasteiger partial charge on any atom is -0.306 e. The van der Waals surface area contributed by atoms with Gasteiger partial charge in [-0.3, -0.25) is 9.59 Å². The van der Waals surface area contributed by atoms with E-state index in [1.807, 2.05) is 7.05 Å². The number of alkyl halides is 3. The number of ketones is 2. The minimum atomic E-state index is -4.60. The fourth-order valence-electron chi connectivity index (χ4n) is 3.74. The van der Waals surface area contributed by atoms with Gasteiger partial charge in [0, 0.05) is 24.1 Å². The normalized spacial score (nSPS) is 17.0. The third-order valence-electron chi connectivity index (χ3n) is 5.52. The summed E-state index contributed by atoms with van der Waals surface area (Å²) >= 11 is 0. The minimum absolute atomic E-state index is 0.134. The van der Waals surface area contributed by atoms with Crippen molar-refractivity contribution in [2.45, 2.75) is 31.4 Å². The summed E-state index contributed by atoms with van der Waals surface area (Å²) in [4.78, 5) is 31.6. The number of benzene rings is 1. The molecule has 1 aromatic heterocycles. The molecule has 1 unspecified atom stereocenters. The average molecular weight is 422 g/mol. The molecule has 30 heavy (non-hydrogen) atoms. The Morgan fingerprint density at radius 3 is 2.50 bits per heavy atom. The van der Waals surface area contributed by atoms with Crippen LogP contribution in [0.5, 0.6) is 0 Å². The van der Waals surface area contributed by atoms with Crippen molar-refractivity contribution in [3.05, 3.63) is 65.2 Å². The van der Waals surface area contributed by atoms with Gasteiger partial charge in [-0.05, 0) is 62.8 Å². The van der Waals surface area contributed by atoms with E-state index >= 15 is 0 Å². The number of carbonyl (C=O) groups is 2. The molecule has 1 aromatic carbocycles. The lowest BCUT2D eigenvalue weighted by atomic mass is 9.82. The van der Waals surface area contributed by atoms with Crippen LogP contribution in [0.4, 0.5) is 17.6 Å². The fraction of sp³-hybridized carbons (Fsp3) is 0.409. The van der Waals surface area contributed by atoms with Crippen LogP contribution in [0.25, 0.3) is 0 Å². The van der Waals surface area contributed by atoms with Crippen molar-refractivity contribution in [1.82, 2.24) is 9.88 Å². The summed E-state index contributed by atoms with van der Waals surface area (Å²) < 4.78 is 52.9. The number of hydrogen-bond donors (Lipinski definition) is 0.